The highest BCUT2D eigenvalue weighted by Gasteiger charge is 2.09. The van der Waals surface area contributed by atoms with Gasteiger partial charge in [0, 0.05) is 6.42 Å². The van der Waals surface area contributed by atoms with Crippen LogP contribution in [0.3, 0.4) is 0 Å². The van der Waals surface area contributed by atoms with Gasteiger partial charge >= 0.3 is 0 Å². The lowest BCUT2D eigenvalue weighted by molar-refractivity contribution is 0.510. The van der Waals surface area contributed by atoms with Crippen LogP contribution >= 0.6 is 11.3 Å². The minimum absolute atomic E-state index is 0.895. The summed E-state index contributed by atoms with van der Waals surface area (Å²) in [5, 5.41) is 2.13. The van der Waals surface area contributed by atoms with Crippen LogP contribution in [0.5, 0.6) is 0 Å². The molecule has 0 N–H and O–H groups in total. The molecule has 0 spiro atoms. The van der Waals surface area contributed by atoms with E-state index in [-0.39, 0.29) is 0 Å². The highest BCUT2D eigenvalue weighted by atomic mass is 32.1. The normalized spacial score (nSPS) is 10.6. The Bertz CT molecular complexity index is 402. The predicted octanol–water partition coefficient (Wildman–Crippen LogP) is 3.27. The van der Waals surface area contributed by atoms with Crippen molar-refractivity contribution < 1.29 is 4.42 Å². The second-order valence-corrected chi connectivity index (χ2v) is 3.88. The summed E-state index contributed by atoms with van der Waals surface area (Å²) in [6, 6.07) is 2.14. The first-order valence-electron chi connectivity index (χ1n) is 4.29. The van der Waals surface area contributed by atoms with E-state index in [1.54, 1.807) is 11.3 Å². The van der Waals surface area contributed by atoms with E-state index in [2.05, 4.69) is 30.3 Å². The van der Waals surface area contributed by atoms with Crippen molar-refractivity contribution in [3.8, 4) is 10.6 Å². The summed E-state index contributed by atoms with van der Waals surface area (Å²) in [6.45, 7) is 4.16. The third-order valence-electron chi connectivity index (χ3n) is 1.93. The zero-order chi connectivity index (χ0) is 9.26. The van der Waals surface area contributed by atoms with Gasteiger partial charge in [0.2, 0.25) is 0 Å². The minimum atomic E-state index is 0.895. The Morgan fingerprint density at radius 1 is 1.54 bits per heavy atom. The van der Waals surface area contributed by atoms with Gasteiger partial charge < -0.3 is 4.42 Å². The van der Waals surface area contributed by atoms with Crippen molar-refractivity contribution >= 4 is 11.3 Å². The topological polar surface area (TPSA) is 26.0 Å². The van der Waals surface area contributed by atoms with Crippen molar-refractivity contribution in [2.24, 2.45) is 0 Å². The second kappa shape index (κ2) is 3.34. The van der Waals surface area contributed by atoms with Crippen molar-refractivity contribution in [1.82, 2.24) is 4.98 Å². The summed E-state index contributed by atoms with van der Waals surface area (Å²) in [7, 11) is 0. The maximum atomic E-state index is 5.27. The van der Waals surface area contributed by atoms with Crippen LogP contribution in [0, 0.1) is 6.92 Å². The fourth-order valence-corrected chi connectivity index (χ4v) is 2.19. The molecule has 0 unspecified atom stereocenters. The third kappa shape index (κ3) is 1.52. The molecular weight excluding hydrogens is 182 g/mol. The molecule has 2 aromatic rings. The number of nitrogens with zero attached hydrogens (tertiary/aromatic N) is 1. The Morgan fingerprint density at radius 2 is 2.38 bits per heavy atom. The van der Waals surface area contributed by atoms with Gasteiger partial charge in [0.15, 0.2) is 6.39 Å². The molecule has 0 bridgehead atoms. The molecule has 3 heteroatoms. The molecule has 0 fully saturated rings. The van der Waals surface area contributed by atoms with Crippen LogP contribution in [0.15, 0.2) is 22.3 Å². The molecule has 68 valence electrons. The van der Waals surface area contributed by atoms with Gasteiger partial charge in [-0.1, -0.05) is 6.92 Å². The summed E-state index contributed by atoms with van der Waals surface area (Å²) in [6.07, 6.45) is 2.41. The monoisotopic (exact) mass is 193 g/mol. The largest absolute Gasteiger partial charge is 0.448 e. The first-order valence-corrected chi connectivity index (χ1v) is 5.17. The van der Waals surface area contributed by atoms with Crippen LogP contribution < -0.4 is 0 Å². The molecule has 0 atom stereocenters. The fraction of sp³-hybridized carbons (Fsp3) is 0.300. The highest BCUT2D eigenvalue weighted by molar-refractivity contribution is 7.13. The van der Waals surface area contributed by atoms with Gasteiger partial charge in [0.05, 0.1) is 4.88 Å². The molecule has 13 heavy (non-hydrogen) atoms. The summed E-state index contributed by atoms with van der Waals surface area (Å²) in [5.41, 5.74) is 2.28. The van der Waals surface area contributed by atoms with Crippen LogP contribution in [0.25, 0.3) is 10.6 Å². The number of aryl methyl sites for hydroxylation is 2. The van der Waals surface area contributed by atoms with Crippen LogP contribution in [0.2, 0.25) is 0 Å². The lowest BCUT2D eigenvalue weighted by Crippen LogP contribution is -1.79. The van der Waals surface area contributed by atoms with E-state index in [1.165, 1.54) is 16.8 Å². The molecule has 0 aromatic carbocycles. The summed E-state index contributed by atoms with van der Waals surface area (Å²) in [5.74, 6) is 0.974. The molecule has 0 saturated heterocycles. The molecule has 2 nitrogen and oxygen atoms in total. The molecule has 0 saturated carbocycles. The van der Waals surface area contributed by atoms with E-state index in [9.17, 15) is 0 Å². The van der Waals surface area contributed by atoms with Gasteiger partial charge in [-0.05, 0) is 23.9 Å². The van der Waals surface area contributed by atoms with Gasteiger partial charge in [-0.25, -0.2) is 4.98 Å². The zero-order valence-corrected chi connectivity index (χ0v) is 8.52. The summed E-state index contributed by atoms with van der Waals surface area (Å²) < 4.78 is 5.27. The molecule has 2 aromatic heterocycles. The van der Waals surface area contributed by atoms with Crippen molar-refractivity contribution in [1.29, 1.82) is 0 Å². The molecule has 2 rings (SSSR count). The number of oxazole rings is 1. The summed E-state index contributed by atoms with van der Waals surface area (Å²) in [4.78, 5) is 5.41. The molecule has 0 amide bonds. The van der Waals surface area contributed by atoms with Crippen LogP contribution in [0.1, 0.15) is 18.2 Å². The van der Waals surface area contributed by atoms with Gasteiger partial charge in [-0.15, -0.1) is 11.3 Å². The second-order valence-electron chi connectivity index (χ2n) is 2.97. The summed E-state index contributed by atoms with van der Waals surface area (Å²) >= 11 is 1.71. The average molecular weight is 193 g/mol. The van der Waals surface area contributed by atoms with E-state index in [1.807, 2.05) is 0 Å². The van der Waals surface area contributed by atoms with Crippen molar-refractivity contribution in [2.45, 2.75) is 20.3 Å². The number of aromatic nitrogens is 1. The zero-order valence-electron chi connectivity index (χ0n) is 7.70. The quantitative estimate of drug-likeness (QED) is 0.731. The lowest BCUT2D eigenvalue weighted by atomic mass is 10.2. The molecule has 0 radical (unpaired) electrons. The van der Waals surface area contributed by atoms with E-state index in [0.717, 1.165) is 17.9 Å². The van der Waals surface area contributed by atoms with Gasteiger partial charge in [0.25, 0.3) is 0 Å². The Hall–Kier alpha value is -1.09. The highest BCUT2D eigenvalue weighted by Crippen LogP contribution is 2.28. The average Bonchev–Trinajstić information content (AvgIpc) is 2.71. The standard InChI is InChI=1S/C10H11NOS/c1-3-8-10(11-6-12-8)9-4-7(2)5-13-9/h4-6H,3H2,1-2H3. The van der Waals surface area contributed by atoms with Crippen LogP contribution in [0.4, 0.5) is 0 Å². The third-order valence-corrected chi connectivity index (χ3v) is 2.98. The molecule has 0 aliphatic heterocycles. The van der Waals surface area contributed by atoms with Crippen molar-refractivity contribution in [3.63, 3.8) is 0 Å². The van der Waals surface area contributed by atoms with Crippen molar-refractivity contribution in [3.05, 3.63) is 29.2 Å². The number of rotatable bonds is 2. The smallest absolute Gasteiger partial charge is 0.181 e. The molecule has 0 aliphatic carbocycles. The Balaban J connectivity index is 2.45. The fourth-order valence-electron chi connectivity index (χ4n) is 1.28. The Kier molecular flexibility index (Phi) is 2.19. The molecule has 2 heterocycles. The Morgan fingerprint density at radius 3 is 3.00 bits per heavy atom. The van der Waals surface area contributed by atoms with Gasteiger partial charge in [0.1, 0.15) is 11.5 Å². The van der Waals surface area contributed by atoms with Crippen LogP contribution in [-0.2, 0) is 6.42 Å². The molecular formula is C10H11NOS. The lowest BCUT2D eigenvalue weighted by Gasteiger charge is -1.92. The van der Waals surface area contributed by atoms with E-state index < -0.39 is 0 Å². The number of hydrogen-bond donors (Lipinski definition) is 0. The molecule has 0 aliphatic rings. The minimum Gasteiger partial charge on any atom is -0.448 e. The van der Waals surface area contributed by atoms with Gasteiger partial charge in [-0.3, -0.25) is 0 Å². The maximum Gasteiger partial charge on any atom is 0.181 e. The number of hydrogen-bond acceptors (Lipinski definition) is 3. The first-order chi connectivity index (χ1) is 6.31. The number of thiophene rings is 1. The predicted molar refractivity (Wildman–Crippen MR) is 53.9 cm³/mol. The maximum absolute atomic E-state index is 5.27. The Labute approximate surface area is 81.2 Å². The first kappa shape index (κ1) is 8.51. The van der Waals surface area contributed by atoms with Gasteiger partial charge in [-0.2, -0.15) is 0 Å². The van der Waals surface area contributed by atoms with E-state index in [4.69, 9.17) is 4.42 Å². The SMILES string of the molecule is CCc1ocnc1-c1cc(C)cs1. The van der Waals surface area contributed by atoms with Crippen molar-refractivity contribution in [2.75, 3.05) is 0 Å². The van der Waals surface area contributed by atoms with E-state index in [0.29, 0.717) is 0 Å². The van der Waals surface area contributed by atoms with Crippen LogP contribution in [-0.4, -0.2) is 4.98 Å². The van der Waals surface area contributed by atoms with E-state index >= 15 is 0 Å².